The molecule has 0 spiro atoms. The Balaban J connectivity index is 1.71. The molecule has 0 heterocycles. The molecule has 2 fully saturated rings. The highest BCUT2D eigenvalue weighted by Gasteiger charge is 2.70. The molecule has 2 aliphatic carbocycles. The number of unbranched alkanes of at least 4 members (excludes halogenated alkanes) is 1. The van der Waals surface area contributed by atoms with Crippen LogP contribution in [0.25, 0.3) is 0 Å². The molecule has 2 rings (SSSR count). The zero-order chi connectivity index (χ0) is 28.4. The van der Waals surface area contributed by atoms with E-state index in [9.17, 15) is 48.7 Å². The van der Waals surface area contributed by atoms with Crippen LogP contribution < -0.4 is 0 Å². The van der Waals surface area contributed by atoms with E-state index in [2.05, 4.69) is 6.58 Å². The molecule has 4 atom stereocenters. The third kappa shape index (κ3) is 6.74. The smallest absolute Gasteiger partial charge is 0.431 e. The topological polar surface area (TPSA) is 116 Å². The van der Waals surface area contributed by atoms with Gasteiger partial charge in [-0.1, -0.05) is 6.58 Å². The number of carbonyl (C=O) groups excluding carboxylic acids is 2. The quantitative estimate of drug-likeness (QED) is 0.114. The van der Waals surface area contributed by atoms with E-state index in [0.717, 1.165) is 6.92 Å². The highest BCUT2D eigenvalue weighted by Crippen LogP contribution is 2.60. The number of hydrogen-bond acceptors (Lipinski definition) is 7. The monoisotopic (exact) mass is 572 g/mol. The number of halogens is 7. The minimum atomic E-state index is -6.31. The zero-order valence-electron chi connectivity index (χ0n) is 19.7. The standard InChI is InChI=1S/C21H27F7O8S/c1-12(10-34-6-4-3-5-19(22,23)21(27,28)37(31,32)33)17(30)35-11-15-8-16-7-14(15)9-18(16,20(24,25)26)36-13(2)29/h14-16H,1,3-11H2,2H3,(H,31,32,33). The number of esters is 2. The lowest BCUT2D eigenvalue weighted by Gasteiger charge is -2.40. The van der Waals surface area contributed by atoms with Crippen molar-refractivity contribution < 1.29 is 67.5 Å². The van der Waals surface area contributed by atoms with Gasteiger partial charge in [-0.15, -0.1) is 0 Å². The van der Waals surface area contributed by atoms with Crippen molar-refractivity contribution in [2.45, 2.75) is 68.4 Å². The van der Waals surface area contributed by atoms with Crippen LogP contribution in [0.3, 0.4) is 0 Å². The molecule has 2 saturated carbocycles. The summed E-state index contributed by atoms with van der Waals surface area (Å²) in [6, 6.07) is 0. The fourth-order valence-corrected chi connectivity index (χ4v) is 5.29. The van der Waals surface area contributed by atoms with Crippen molar-refractivity contribution in [1.29, 1.82) is 0 Å². The summed E-state index contributed by atoms with van der Waals surface area (Å²) in [5.41, 5.74) is -2.73. The van der Waals surface area contributed by atoms with E-state index in [0.29, 0.717) is 0 Å². The van der Waals surface area contributed by atoms with Gasteiger partial charge in [-0.2, -0.15) is 39.2 Å². The van der Waals surface area contributed by atoms with Crippen LogP contribution in [-0.2, 0) is 33.9 Å². The summed E-state index contributed by atoms with van der Waals surface area (Å²) in [5, 5.41) is -5.65. The van der Waals surface area contributed by atoms with Gasteiger partial charge in [0.25, 0.3) is 0 Å². The summed E-state index contributed by atoms with van der Waals surface area (Å²) < 4.78 is 138. The Morgan fingerprint density at radius 1 is 1.08 bits per heavy atom. The van der Waals surface area contributed by atoms with Crippen molar-refractivity contribution in [2.24, 2.45) is 17.8 Å². The molecule has 8 nitrogen and oxygen atoms in total. The lowest BCUT2D eigenvalue weighted by Crippen LogP contribution is -2.53. The van der Waals surface area contributed by atoms with Crippen LogP contribution in [0.2, 0.25) is 0 Å². The normalized spacial score (nSPS) is 26.2. The summed E-state index contributed by atoms with van der Waals surface area (Å²) in [7, 11) is -6.31. The molecule has 2 bridgehead atoms. The summed E-state index contributed by atoms with van der Waals surface area (Å²) in [4.78, 5) is 23.3. The van der Waals surface area contributed by atoms with Crippen LogP contribution >= 0.6 is 0 Å². The molecule has 1 N–H and O–H groups in total. The summed E-state index contributed by atoms with van der Waals surface area (Å²) in [6.45, 7) is 3.47. The first-order valence-electron chi connectivity index (χ1n) is 11.2. The molecule has 0 aromatic carbocycles. The van der Waals surface area contributed by atoms with Gasteiger partial charge in [-0.3, -0.25) is 9.35 Å². The van der Waals surface area contributed by atoms with Gasteiger partial charge in [0.15, 0.2) is 0 Å². The fraction of sp³-hybridized carbons (Fsp3) is 0.810. The molecule has 214 valence electrons. The van der Waals surface area contributed by atoms with Crippen molar-refractivity contribution in [3.8, 4) is 0 Å². The number of ether oxygens (including phenoxy) is 3. The Hall–Kier alpha value is -1.94. The van der Waals surface area contributed by atoms with Crippen LogP contribution in [0.1, 0.15) is 45.4 Å². The molecule has 37 heavy (non-hydrogen) atoms. The fourth-order valence-electron chi connectivity index (χ4n) is 4.81. The first-order chi connectivity index (χ1) is 16.7. The van der Waals surface area contributed by atoms with Crippen LogP contribution in [-0.4, -0.2) is 67.7 Å². The Labute approximate surface area is 208 Å². The maximum Gasteiger partial charge on any atom is 0.431 e. The Bertz CT molecular complexity index is 982. The Morgan fingerprint density at radius 3 is 2.19 bits per heavy atom. The average molecular weight is 572 g/mol. The van der Waals surface area contributed by atoms with Gasteiger partial charge in [-0.25, -0.2) is 4.79 Å². The summed E-state index contributed by atoms with van der Waals surface area (Å²) >= 11 is 0. The molecule has 0 aliphatic heterocycles. The second-order valence-corrected chi connectivity index (χ2v) is 10.7. The van der Waals surface area contributed by atoms with Crippen molar-refractivity contribution in [1.82, 2.24) is 0 Å². The highest BCUT2D eigenvalue weighted by atomic mass is 32.2. The van der Waals surface area contributed by atoms with E-state index in [1.165, 1.54) is 0 Å². The molecular formula is C21H27F7O8S. The predicted octanol–water partition coefficient (Wildman–Crippen LogP) is 4.30. The molecule has 0 aromatic rings. The molecule has 4 unspecified atom stereocenters. The first kappa shape index (κ1) is 31.3. The van der Waals surface area contributed by atoms with Gasteiger partial charge in [0.05, 0.1) is 18.8 Å². The van der Waals surface area contributed by atoms with E-state index in [-0.39, 0.29) is 44.0 Å². The minimum Gasteiger partial charge on any atom is -0.462 e. The molecule has 0 aromatic heterocycles. The number of carbonyl (C=O) groups is 2. The second kappa shape index (κ2) is 11.0. The third-order valence-electron chi connectivity index (χ3n) is 6.64. The third-order valence-corrected chi connectivity index (χ3v) is 7.59. The van der Waals surface area contributed by atoms with Crippen LogP contribution in [0.4, 0.5) is 30.7 Å². The van der Waals surface area contributed by atoms with Crippen molar-refractivity contribution in [2.75, 3.05) is 19.8 Å². The van der Waals surface area contributed by atoms with E-state index in [1.54, 1.807) is 0 Å². The lowest BCUT2D eigenvalue weighted by molar-refractivity contribution is -0.287. The van der Waals surface area contributed by atoms with Crippen molar-refractivity contribution in [3.05, 3.63) is 12.2 Å². The number of alkyl halides is 7. The number of fused-ring (bicyclic) bond motifs is 2. The van der Waals surface area contributed by atoms with E-state index in [1.807, 2.05) is 0 Å². The highest BCUT2D eigenvalue weighted by molar-refractivity contribution is 7.87. The van der Waals surface area contributed by atoms with Gasteiger partial charge in [0.1, 0.15) is 0 Å². The summed E-state index contributed by atoms with van der Waals surface area (Å²) in [6.07, 6.45) is -7.33. The summed E-state index contributed by atoms with van der Waals surface area (Å²) in [5.74, 6) is -8.75. The van der Waals surface area contributed by atoms with Gasteiger partial charge in [-0.05, 0) is 43.9 Å². The number of rotatable bonds is 13. The molecule has 2 aliphatic rings. The maximum atomic E-state index is 13.6. The van der Waals surface area contributed by atoms with Gasteiger partial charge < -0.3 is 14.2 Å². The lowest BCUT2D eigenvalue weighted by atomic mass is 9.78. The number of hydrogen-bond donors (Lipinski definition) is 1. The molecule has 0 saturated heterocycles. The average Bonchev–Trinajstić information content (AvgIpc) is 3.30. The Morgan fingerprint density at radius 2 is 1.70 bits per heavy atom. The second-order valence-electron chi connectivity index (χ2n) is 9.28. The van der Waals surface area contributed by atoms with Gasteiger partial charge in [0.2, 0.25) is 5.60 Å². The molecule has 0 radical (unpaired) electrons. The molecular weight excluding hydrogens is 545 g/mol. The van der Waals surface area contributed by atoms with Gasteiger partial charge in [0, 0.05) is 25.9 Å². The maximum absolute atomic E-state index is 13.6. The molecule has 16 heteroatoms. The van der Waals surface area contributed by atoms with Crippen molar-refractivity contribution in [3.63, 3.8) is 0 Å². The van der Waals surface area contributed by atoms with E-state index < -0.39 is 82.7 Å². The van der Waals surface area contributed by atoms with E-state index in [4.69, 9.17) is 18.8 Å². The molecule has 0 amide bonds. The van der Waals surface area contributed by atoms with Crippen LogP contribution in [0.5, 0.6) is 0 Å². The largest absolute Gasteiger partial charge is 0.462 e. The predicted molar refractivity (Wildman–Crippen MR) is 111 cm³/mol. The van der Waals surface area contributed by atoms with E-state index >= 15 is 0 Å². The van der Waals surface area contributed by atoms with Crippen LogP contribution in [0.15, 0.2) is 12.2 Å². The zero-order valence-corrected chi connectivity index (χ0v) is 20.5. The van der Waals surface area contributed by atoms with Crippen molar-refractivity contribution >= 4 is 22.1 Å². The SMILES string of the molecule is C=C(COCCCCC(F)(F)C(F)(F)S(=O)(=O)O)C(=O)OCC1CC2CC1CC2(OC(C)=O)C(F)(F)F. The minimum absolute atomic E-state index is 0.0367. The Kier molecular flexibility index (Phi) is 9.34. The van der Waals surface area contributed by atoms with Gasteiger partial charge >= 0.3 is 39.4 Å². The van der Waals surface area contributed by atoms with Crippen LogP contribution in [0, 0.1) is 17.8 Å². The first-order valence-corrected chi connectivity index (χ1v) is 12.6.